The Labute approximate surface area is 273 Å². The highest BCUT2D eigenvalue weighted by Gasteiger charge is 2.32. The Morgan fingerprint density at radius 3 is 0.978 bits per heavy atom. The molecule has 6 heteroatoms. The molecule has 0 spiro atoms. The van der Waals surface area contributed by atoms with Crippen LogP contribution in [0.15, 0.2) is 24.3 Å². The normalized spacial score (nSPS) is 13.4. The van der Waals surface area contributed by atoms with Gasteiger partial charge in [-0.2, -0.15) is 0 Å². The lowest BCUT2D eigenvalue weighted by Gasteiger charge is -2.31. The zero-order valence-electron chi connectivity index (χ0n) is 31.5. The monoisotopic (exact) mass is 624 g/mol. The summed E-state index contributed by atoms with van der Waals surface area (Å²) in [6.07, 6.45) is -1.18. The van der Waals surface area contributed by atoms with Gasteiger partial charge in [-0.05, 0) is 74.3 Å². The molecule has 0 aromatic heterocycles. The standard InChI is InChI=1S/C39H60O6/c1-34(2,3)26-20-24(30(28(22-26)36(7,8)9)42-32(40)44-38(13,14)15)19-25-21-27(35(4,5)6)23-29(37(10,11)12)31(25)43-33(41)45-39(16,17)18/h20-23H,19H2,1-18H3. The number of ether oxygens (including phenoxy) is 4. The van der Waals surface area contributed by atoms with Gasteiger partial charge in [0.1, 0.15) is 22.7 Å². The topological polar surface area (TPSA) is 71.1 Å². The highest BCUT2D eigenvalue weighted by molar-refractivity contribution is 5.69. The van der Waals surface area contributed by atoms with E-state index < -0.39 is 23.5 Å². The molecule has 0 bridgehead atoms. The minimum atomic E-state index is -0.762. The first kappa shape index (κ1) is 38.2. The molecule has 2 rings (SSSR count). The van der Waals surface area contributed by atoms with Crippen molar-refractivity contribution in [1.82, 2.24) is 0 Å². The molecule has 0 aliphatic rings. The van der Waals surface area contributed by atoms with E-state index in [0.717, 1.165) is 33.4 Å². The maximum atomic E-state index is 13.2. The average Bonchev–Trinajstić information content (AvgIpc) is 2.75. The third-order valence-electron chi connectivity index (χ3n) is 7.21. The molecular weight excluding hydrogens is 564 g/mol. The highest BCUT2D eigenvalue weighted by atomic mass is 16.7. The van der Waals surface area contributed by atoms with E-state index in [0.29, 0.717) is 17.9 Å². The van der Waals surface area contributed by atoms with Crippen LogP contribution in [-0.4, -0.2) is 23.5 Å². The van der Waals surface area contributed by atoms with Gasteiger partial charge < -0.3 is 18.9 Å². The van der Waals surface area contributed by atoms with Crippen LogP contribution in [0.3, 0.4) is 0 Å². The fraction of sp³-hybridized carbons (Fsp3) is 0.641. The summed E-state index contributed by atoms with van der Waals surface area (Å²) in [5, 5.41) is 0. The molecule has 0 heterocycles. The molecule has 45 heavy (non-hydrogen) atoms. The molecule has 0 saturated heterocycles. The average molecular weight is 625 g/mol. The first-order valence-corrected chi connectivity index (χ1v) is 16.1. The van der Waals surface area contributed by atoms with Gasteiger partial charge >= 0.3 is 12.3 Å². The summed E-state index contributed by atoms with van der Waals surface area (Å²) in [5.41, 5.74) is 3.10. The van der Waals surface area contributed by atoms with Gasteiger partial charge in [0.15, 0.2) is 0 Å². The van der Waals surface area contributed by atoms with Crippen LogP contribution in [0, 0.1) is 0 Å². The summed E-state index contributed by atoms with van der Waals surface area (Å²) >= 11 is 0. The molecule has 2 aromatic rings. The van der Waals surface area contributed by atoms with Crippen LogP contribution in [0.4, 0.5) is 9.59 Å². The SMILES string of the molecule is CC(C)(C)OC(=O)Oc1c(Cc2cc(C(C)(C)C)cc(C(C)(C)C)c2OC(=O)OC(C)(C)C)cc(C(C)(C)C)cc1C(C)(C)C. The summed E-state index contributed by atoms with van der Waals surface area (Å²) in [5.74, 6) is 0.929. The largest absolute Gasteiger partial charge is 0.514 e. The summed E-state index contributed by atoms with van der Waals surface area (Å²) < 4.78 is 23.4. The molecule has 6 nitrogen and oxygen atoms in total. The van der Waals surface area contributed by atoms with Gasteiger partial charge in [0.2, 0.25) is 0 Å². The highest BCUT2D eigenvalue weighted by Crippen LogP contribution is 2.44. The fourth-order valence-electron chi connectivity index (χ4n) is 4.78. The number of rotatable bonds is 4. The lowest BCUT2D eigenvalue weighted by molar-refractivity contribution is 0.0190. The second kappa shape index (κ2) is 12.6. The van der Waals surface area contributed by atoms with Crippen molar-refractivity contribution in [3.63, 3.8) is 0 Å². The molecule has 2 aromatic carbocycles. The van der Waals surface area contributed by atoms with Crippen molar-refractivity contribution in [3.05, 3.63) is 57.6 Å². The quantitative estimate of drug-likeness (QED) is 0.249. The van der Waals surface area contributed by atoms with E-state index in [1.165, 1.54) is 0 Å². The number of carbonyl (C=O) groups excluding carboxylic acids is 2. The van der Waals surface area contributed by atoms with Crippen LogP contribution in [0.25, 0.3) is 0 Å². The number of hydrogen-bond donors (Lipinski definition) is 0. The van der Waals surface area contributed by atoms with Gasteiger partial charge in [-0.15, -0.1) is 0 Å². The first-order valence-electron chi connectivity index (χ1n) is 16.1. The molecule has 0 atom stereocenters. The molecule has 0 N–H and O–H groups in total. The Balaban J connectivity index is 3.02. The Morgan fingerprint density at radius 2 is 0.756 bits per heavy atom. The maximum absolute atomic E-state index is 13.2. The minimum absolute atomic E-state index is 0.182. The van der Waals surface area contributed by atoms with Crippen molar-refractivity contribution < 1.29 is 28.5 Å². The van der Waals surface area contributed by atoms with E-state index in [1.54, 1.807) is 0 Å². The molecule has 252 valence electrons. The predicted molar refractivity (Wildman–Crippen MR) is 184 cm³/mol. The Kier molecular flexibility index (Phi) is 10.7. The van der Waals surface area contributed by atoms with Gasteiger partial charge in [0, 0.05) is 28.7 Å². The summed E-state index contributed by atoms with van der Waals surface area (Å²) in [4.78, 5) is 26.4. The molecule has 0 amide bonds. The van der Waals surface area contributed by atoms with E-state index in [9.17, 15) is 9.59 Å². The second-order valence-corrected chi connectivity index (χ2v) is 18.3. The van der Waals surface area contributed by atoms with Crippen LogP contribution in [0.5, 0.6) is 11.5 Å². The van der Waals surface area contributed by atoms with Crippen molar-refractivity contribution >= 4 is 12.3 Å². The molecule has 0 aliphatic carbocycles. The van der Waals surface area contributed by atoms with Crippen LogP contribution in [0.1, 0.15) is 158 Å². The van der Waals surface area contributed by atoms with Gasteiger partial charge in [0.25, 0.3) is 0 Å². The first-order chi connectivity index (χ1) is 19.9. The second-order valence-electron chi connectivity index (χ2n) is 18.3. The molecule has 0 aliphatic heterocycles. The Bertz CT molecular complexity index is 1280. The Morgan fingerprint density at radius 1 is 0.467 bits per heavy atom. The zero-order valence-corrected chi connectivity index (χ0v) is 31.5. The van der Waals surface area contributed by atoms with Crippen LogP contribution >= 0.6 is 0 Å². The van der Waals surface area contributed by atoms with Crippen LogP contribution in [-0.2, 0) is 37.6 Å². The minimum Gasteiger partial charge on any atom is -0.428 e. The van der Waals surface area contributed by atoms with Crippen molar-refractivity contribution in [1.29, 1.82) is 0 Å². The molecule has 0 radical (unpaired) electrons. The van der Waals surface area contributed by atoms with E-state index in [-0.39, 0.29) is 21.7 Å². The van der Waals surface area contributed by atoms with Crippen molar-refractivity contribution in [2.75, 3.05) is 0 Å². The summed E-state index contributed by atoms with van der Waals surface area (Å²) in [7, 11) is 0. The third-order valence-corrected chi connectivity index (χ3v) is 7.21. The maximum Gasteiger partial charge on any atom is 0.514 e. The van der Waals surface area contributed by atoms with Crippen molar-refractivity contribution in [3.8, 4) is 11.5 Å². The lowest BCUT2D eigenvalue weighted by Crippen LogP contribution is -2.28. The van der Waals surface area contributed by atoms with Gasteiger partial charge in [-0.1, -0.05) is 107 Å². The molecule has 0 saturated carbocycles. The predicted octanol–water partition coefficient (Wildman–Crippen LogP) is 11.1. The van der Waals surface area contributed by atoms with Crippen molar-refractivity contribution in [2.45, 2.75) is 164 Å². The van der Waals surface area contributed by atoms with Gasteiger partial charge in [-0.3, -0.25) is 0 Å². The van der Waals surface area contributed by atoms with Gasteiger partial charge in [0.05, 0.1) is 0 Å². The summed E-state index contributed by atoms with van der Waals surface area (Å²) in [6, 6.07) is 8.47. The Hall–Kier alpha value is -3.02. The van der Waals surface area contributed by atoms with Crippen molar-refractivity contribution in [2.24, 2.45) is 0 Å². The number of benzene rings is 2. The molecule has 0 fully saturated rings. The van der Waals surface area contributed by atoms with E-state index in [2.05, 4.69) is 107 Å². The summed E-state index contributed by atoms with van der Waals surface area (Å²) in [6.45, 7) is 36.5. The molecular formula is C39H60O6. The molecule has 0 unspecified atom stereocenters. The van der Waals surface area contributed by atoms with E-state index >= 15 is 0 Å². The van der Waals surface area contributed by atoms with Crippen LogP contribution in [0.2, 0.25) is 0 Å². The van der Waals surface area contributed by atoms with E-state index in [1.807, 2.05) is 41.5 Å². The third kappa shape index (κ3) is 11.1. The zero-order chi connectivity index (χ0) is 35.1. The number of carbonyl (C=O) groups is 2. The number of hydrogen-bond acceptors (Lipinski definition) is 6. The van der Waals surface area contributed by atoms with Gasteiger partial charge in [-0.25, -0.2) is 9.59 Å². The van der Waals surface area contributed by atoms with Crippen LogP contribution < -0.4 is 9.47 Å². The van der Waals surface area contributed by atoms with E-state index in [4.69, 9.17) is 18.9 Å². The smallest absolute Gasteiger partial charge is 0.428 e. The fourth-order valence-corrected chi connectivity index (χ4v) is 4.78. The lowest BCUT2D eigenvalue weighted by atomic mass is 9.76.